The van der Waals surface area contributed by atoms with Gasteiger partial charge in [0.2, 0.25) is 11.6 Å². The predicted molar refractivity (Wildman–Crippen MR) is 112 cm³/mol. The Hall–Kier alpha value is -2.73. The first kappa shape index (κ1) is 19.6. The third-order valence-electron chi connectivity index (χ3n) is 5.66. The quantitative estimate of drug-likeness (QED) is 0.615. The lowest BCUT2D eigenvalue weighted by Gasteiger charge is -2.39. The van der Waals surface area contributed by atoms with Gasteiger partial charge in [0.25, 0.3) is 5.91 Å². The molecule has 1 saturated heterocycles. The summed E-state index contributed by atoms with van der Waals surface area (Å²) in [6.07, 6.45) is 1.64. The fourth-order valence-electron chi connectivity index (χ4n) is 4.02. The number of aryl methyl sites for hydroxylation is 1. The fraction of sp³-hybridized carbons (Fsp3) is 0.364. The molecule has 1 aliphatic rings. The molecule has 6 nitrogen and oxygen atoms in total. The van der Waals surface area contributed by atoms with E-state index in [9.17, 15) is 9.59 Å². The number of halogens is 1. The van der Waals surface area contributed by atoms with Crippen molar-refractivity contribution < 1.29 is 14.0 Å². The Kier molecular flexibility index (Phi) is 5.37. The molecule has 1 aromatic carbocycles. The molecule has 0 saturated carbocycles. The zero-order chi connectivity index (χ0) is 20.5. The van der Waals surface area contributed by atoms with Crippen molar-refractivity contribution in [3.63, 3.8) is 0 Å². The van der Waals surface area contributed by atoms with Crippen molar-refractivity contribution in [2.24, 2.45) is 0 Å². The largest absolute Gasteiger partial charge is 0.448 e. The van der Waals surface area contributed by atoms with E-state index in [2.05, 4.69) is 19.1 Å². The van der Waals surface area contributed by atoms with Gasteiger partial charge in [0.15, 0.2) is 0 Å². The maximum absolute atomic E-state index is 13.4. The highest BCUT2D eigenvalue weighted by Gasteiger charge is 2.31. The number of rotatable bonds is 4. The highest BCUT2D eigenvalue weighted by Crippen LogP contribution is 2.25. The van der Waals surface area contributed by atoms with Crippen molar-refractivity contribution in [3.8, 4) is 0 Å². The van der Waals surface area contributed by atoms with Crippen molar-refractivity contribution in [3.05, 3.63) is 59.5 Å². The van der Waals surface area contributed by atoms with E-state index in [0.29, 0.717) is 37.6 Å². The normalized spacial score (nSPS) is 17.1. The van der Waals surface area contributed by atoms with Gasteiger partial charge in [-0.1, -0.05) is 24.3 Å². The maximum Gasteiger partial charge on any atom is 0.270 e. The van der Waals surface area contributed by atoms with E-state index in [-0.39, 0.29) is 23.7 Å². The lowest BCUT2D eigenvalue weighted by molar-refractivity contribution is -0.132. The fourth-order valence-corrected chi connectivity index (χ4v) is 4.17. The second-order valence-corrected chi connectivity index (χ2v) is 7.81. The van der Waals surface area contributed by atoms with Crippen LogP contribution < -0.4 is 0 Å². The molecule has 0 bridgehead atoms. The lowest BCUT2D eigenvalue weighted by atomic mass is 10.1. The molecule has 2 amide bonds. The summed E-state index contributed by atoms with van der Waals surface area (Å²) in [7, 11) is 0. The molecule has 0 spiro atoms. The van der Waals surface area contributed by atoms with Crippen LogP contribution in [0.15, 0.2) is 47.1 Å². The van der Waals surface area contributed by atoms with E-state index in [1.54, 1.807) is 11.2 Å². The minimum Gasteiger partial charge on any atom is -0.448 e. The number of amides is 2. The van der Waals surface area contributed by atoms with Gasteiger partial charge in [0, 0.05) is 31.1 Å². The molecular formula is C22H24ClN3O3. The number of alkyl halides is 1. The van der Waals surface area contributed by atoms with Crippen LogP contribution in [0.5, 0.6) is 0 Å². The smallest absolute Gasteiger partial charge is 0.270 e. The summed E-state index contributed by atoms with van der Waals surface area (Å²) in [5.41, 5.74) is 3.61. The van der Waals surface area contributed by atoms with Gasteiger partial charge in [0.05, 0.1) is 12.8 Å². The molecule has 3 aromatic rings. The summed E-state index contributed by atoms with van der Waals surface area (Å²) in [6.45, 7) is 6.04. The predicted octanol–water partition coefficient (Wildman–Crippen LogP) is 3.50. The molecule has 0 aliphatic carbocycles. The maximum atomic E-state index is 13.4. The minimum absolute atomic E-state index is 0.0338. The highest BCUT2D eigenvalue weighted by molar-refractivity contribution is 6.27. The van der Waals surface area contributed by atoms with Gasteiger partial charge in [-0.15, -0.1) is 11.6 Å². The van der Waals surface area contributed by atoms with E-state index in [1.165, 1.54) is 5.56 Å². The van der Waals surface area contributed by atoms with Crippen LogP contribution in [0.2, 0.25) is 0 Å². The second-order valence-electron chi connectivity index (χ2n) is 7.54. The average Bonchev–Trinajstić information content (AvgIpc) is 3.31. The zero-order valence-corrected chi connectivity index (χ0v) is 17.4. The molecule has 2 aromatic heterocycles. The number of benzene rings is 1. The summed E-state index contributed by atoms with van der Waals surface area (Å²) < 4.78 is 7.63. The van der Waals surface area contributed by atoms with Gasteiger partial charge in [-0.05, 0) is 37.1 Å². The number of carbonyl (C=O) groups is 2. The third-order valence-corrected chi connectivity index (χ3v) is 5.89. The van der Waals surface area contributed by atoms with Crippen molar-refractivity contribution in [2.75, 3.05) is 25.5 Å². The first-order chi connectivity index (χ1) is 14.0. The summed E-state index contributed by atoms with van der Waals surface area (Å²) in [6, 6.07) is 11.8. The highest BCUT2D eigenvalue weighted by atomic mass is 35.5. The van der Waals surface area contributed by atoms with Crippen LogP contribution in [-0.2, 0) is 11.3 Å². The van der Waals surface area contributed by atoms with Gasteiger partial charge in [-0.3, -0.25) is 9.59 Å². The number of hydrogen-bond donors (Lipinski definition) is 0. The number of fused-ring (bicyclic) bond motifs is 1. The summed E-state index contributed by atoms with van der Waals surface area (Å²) in [5.74, 6) is -0.171. The number of nitrogens with zero attached hydrogens (tertiary/aromatic N) is 3. The Bertz CT molecular complexity index is 1050. The van der Waals surface area contributed by atoms with Crippen molar-refractivity contribution in [1.82, 2.24) is 14.4 Å². The molecule has 0 unspecified atom stereocenters. The van der Waals surface area contributed by atoms with E-state index >= 15 is 0 Å². The number of hydrogen-bond acceptors (Lipinski definition) is 3. The van der Waals surface area contributed by atoms with Gasteiger partial charge >= 0.3 is 0 Å². The molecule has 1 fully saturated rings. The van der Waals surface area contributed by atoms with E-state index in [1.807, 2.05) is 40.7 Å². The van der Waals surface area contributed by atoms with Crippen LogP contribution in [0, 0.1) is 6.92 Å². The molecule has 7 heteroatoms. The van der Waals surface area contributed by atoms with E-state index < -0.39 is 0 Å². The first-order valence-electron chi connectivity index (χ1n) is 9.75. The third kappa shape index (κ3) is 3.65. The van der Waals surface area contributed by atoms with Crippen LogP contribution in [0.1, 0.15) is 28.5 Å². The Morgan fingerprint density at radius 1 is 1.21 bits per heavy atom. The standard InChI is InChI=1S/C22H24ClN3O3/c1-15-5-3-4-6-18(15)14-26-19(11-17-7-10-29-22(17)26)21(28)24-8-9-25(16(2)13-24)20(27)12-23/h3-7,10-11,16H,8-9,12-14H2,1-2H3/t16-/m0/s1. The zero-order valence-electron chi connectivity index (χ0n) is 16.6. The molecule has 1 atom stereocenters. The Balaban J connectivity index is 1.62. The Morgan fingerprint density at radius 2 is 2.00 bits per heavy atom. The van der Waals surface area contributed by atoms with Crippen molar-refractivity contribution >= 4 is 34.5 Å². The number of aromatic nitrogens is 1. The second kappa shape index (κ2) is 7.95. The van der Waals surface area contributed by atoms with Gasteiger partial charge in [-0.2, -0.15) is 0 Å². The lowest BCUT2D eigenvalue weighted by Crippen LogP contribution is -2.56. The van der Waals surface area contributed by atoms with Crippen LogP contribution in [-0.4, -0.2) is 57.7 Å². The molecular weight excluding hydrogens is 390 g/mol. The van der Waals surface area contributed by atoms with Crippen LogP contribution >= 0.6 is 11.6 Å². The van der Waals surface area contributed by atoms with Crippen molar-refractivity contribution in [2.45, 2.75) is 26.4 Å². The average molecular weight is 414 g/mol. The van der Waals surface area contributed by atoms with Crippen LogP contribution in [0.3, 0.4) is 0 Å². The molecule has 29 heavy (non-hydrogen) atoms. The number of carbonyl (C=O) groups excluding carboxylic acids is 2. The summed E-state index contributed by atoms with van der Waals surface area (Å²) in [5, 5.41) is 0.908. The molecule has 0 radical (unpaired) electrons. The van der Waals surface area contributed by atoms with E-state index in [4.69, 9.17) is 16.0 Å². The van der Waals surface area contributed by atoms with Crippen molar-refractivity contribution in [1.29, 1.82) is 0 Å². The Morgan fingerprint density at radius 3 is 2.72 bits per heavy atom. The van der Waals surface area contributed by atoms with E-state index in [0.717, 1.165) is 10.9 Å². The van der Waals surface area contributed by atoms with Gasteiger partial charge < -0.3 is 18.8 Å². The summed E-state index contributed by atoms with van der Waals surface area (Å²) in [4.78, 5) is 28.9. The molecule has 0 N–H and O–H groups in total. The molecule has 1 aliphatic heterocycles. The minimum atomic E-state index is -0.0910. The number of piperazine rings is 1. The van der Waals surface area contributed by atoms with Gasteiger partial charge in [0.1, 0.15) is 11.6 Å². The first-order valence-corrected chi connectivity index (χ1v) is 10.3. The monoisotopic (exact) mass is 413 g/mol. The molecule has 3 heterocycles. The van der Waals surface area contributed by atoms with Gasteiger partial charge in [-0.25, -0.2) is 0 Å². The number of furan rings is 1. The van der Waals surface area contributed by atoms with Crippen LogP contribution in [0.25, 0.3) is 11.1 Å². The molecule has 4 rings (SSSR count). The van der Waals surface area contributed by atoms with Crippen LogP contribution in [0.4, 0.5) is 0 Å². The Labute approximate surface area is 174 Å². The summed E-state index contributed by atoms with van der Waals surface area (Å²) >= 11 is 5.70. The molecule has 152 valence electrons. The topological polar surface area (TPSA) is 58.7 Å². The SMILES string of the molecule is Cc1ccccc1Cn1c(C(=O)N2CCN(C(=O)CCl)[C@@H](C)C2)cc2ccoc21.